The zero-order valence-electron chi connectivity index (χ0n) is 11.6. The van der Waals surface area contributed by atoms with Gasteiger partial charge in [0.25, 0.3) is 0 Å². The molecular formula is C15H23NO2. The Labute approximate surface area is 109 Å². The number of nitrogens with one attached hydrogen (secondary N) is 1. The van der Waals surface area contributed by atoms with Gasteiger partial charge >= 0.3 is 0 Å². The molecule has 0 aromatic heterocycles. The summed E-state index contributed by atoms with van der Waals surface area (Å²) >= 11 is 0. The Bertz CT molecular complexity index is 392. The SMILES string of the molecule is CNCC1(c2ccc(C)c(OC)c2)CCOCC1. The molecule has 0 atom stereocenters. The van der Waals surface area contributed by atoms with Gasteiger partial charge in [-0.05, 0) is 44.0 Å². The molecule has 3 heteroatoms. The largest absolute Gasteiger partial charge is 0.496 e. The van der Waals surface area contributed by atoms with Gasteiger partial charge in [0.05, 0.1) is 7.11 Å². The van der Waals surface area contributed by atoms with Gasteiger partial charge in [-0.1, -0.05) is 12.1 Å². The molecule has 0 amide bonds. The smallest absolute Gasteiger partial charge is 0.122 e. The number of benzene rings is 1. The molecule has 1 N–H and O–H groups in total. The van der Waals surface area contributed by atoms with E-state index < -0.39 is 0 Å². The first-order valence-electron chi connectivity index (χ1n) is 6.59. The minimum absolute atomic E-state index is 0.188. The highest BCUT2D eigenvalue weighted by Gasteiger charge is 2.34. The lowest BCUT2D eigenvalue weighted by Crippen LogP contribution is -2.41. The first-order valence-corrected chi connectivity index (χ1v) is 6.59. The monoisotopic (exact) mass is 249 g/mol. The number of rotatable bonds is 4. The molecule has 1 aromatic carbocycles. The van der Waals surface area contributed by atoms with Gasteiger partial charge in [-0.3, -0.25) is 0 Å². The Kier molecular flexibility index (Phi) is 4.25. The van der Waals surface area contributed by atoms with Gasteiger partial charge < -0.3 is 14.8 Å². The Morgan fingerprint density at radius 2 is 2.06 bits per heavy atom. The van der Waals surface area contributed by atoms with Gasteiger partial charge in [-0.2, -0.15) is 0 Å². The molecular weight excluding hydrogens is 226 g/mol. The molecule has 0 unspecified atom stereocenters. The first-order chi connectivity index (χ1) is 8.72. The van der Waals surface area contributed by atoms with E-state index in [0.717, 1.165) is 38.3 Å². The van der Waals surface area contributed by atoms with Crippen molar-refractivity contribution in [2.75, 3.05) is 33.9 Å². The van der Waals surface area contributed by atoms with Crippen molar-refractivity contribution in [2.45, 2.75) is 25.2 Å². The second-order valence-electron chi connectivity index (χ2n) is 5.11. The zero-order valence-corrected chi connectivity index (χ0v) is 11.6. The van der Waals surface area contributed by atoms with E-state index in [-0.39, 0.29) is 5.41 Å². The van der Waals surface area contributed by atoms with E-state index in [9.17, 15) is 0 Å². The minimum Gasteiger partial charge on any atom is -0.496 e. The van der Waals surface area contributed by atoms with Crippen LogP contribution in [0.25, 0.3) is 0 Å². The van der Waals surface area contributed by atoms with Crippen LogP contribution in [-0.2, 0) is 10.2 Å². The minimum atomic E-state index is 0.188. The van der Waals surface area contributed by atoms with Gasteiger partial charge in [-0.15, -0.1) is 0 Å². The molecule has 18 heavy (non-hydrogen) atoms. The van der Waals surface area contributed by atoms with Crippen LogP contribution in [0.4, 0.5) is 0 Å². The highest BCUT2D eigenvalue weighted by atomic mass is 16.5. The van der Waals surface area contributed by atoms with Crippen molar-refractivity contribution in [3.8, 4) is 5.75 Å². The molecule has 3 nitrogen and oxygen atoms in total. The number of hydrogen-bond donors (Lipinski definition) is 1. The van der Waals surface area contributed by atoms with Crippen molar-refractivity contribution < 1.29 is 9.47 Å². The fourth-order valence-corrected chi connectivity index (χ4v) is 2.82. The van der Waals surface area contributed by atoms with E-state index in [1.165, 1.54) is 11.1 Å². The molecule has 1 saturated heterocycles. The predicted molar refractivity (Wildman–Crippen MR) is 73.4 cm³/mol. The maximum Gasteiger partial charge on any atom is 0.122 e. The second kappa shape index (κ2) is 5.72. The van der Waals surface area contributed by atoms with Crippen molar-refractivity contribution in [1.82, 2.24) is 5.32 Å². The molecule has 1 aliphatic rings. The normalized spacial score (nSPS) is 18.6. The summed E-state index contributed by atoms with van der Waals surface area (Å²) < 4.78 is 11.0. The summed E-state index contributed by atoms with van der Waals surface area (Å²) in [7, 11) is 3.75. The Balaban J connectivity index is 2.35. The number of methoxy groups -OCH3 is 1. The average molecular weight is 249 g/mol. The van der Waals surface area contributed by atoms with Crippen LogP contribution in [0.1, 0.15) is 24.0 Å². The summed E-state index contributed by atoms with van der Waals surface area (Å²) in [6.07, 6.45) is 2.14. The van der Waals surface area contributed by atoms with Crippen LogP contribution < -0.4 is 10.1 Å². The van der Waals surface area contributed by atoms with Gasteiger partial charge in [0.2, 0.25) is 0 Å². The van der Waals surface area contributed by atoms with Crippen LogP contribution in [0.2, 0.25) is 0 Å². The van der Waals surface area contributed by atoms with Crippen molar-refractivity contribution >= 4 is 0 Å². The Morgan fingerprint density at radius 3 is 2.67 bits per heavy atom. The van der Waals surface area contributed by atoms with E-state index in [1.54, 1.807) is 7.11 Å². The summed E-state index contributed by atoms with van der Waals surface area (Å²) in [6, 6.07) is 6.58. The lowest BCUT2D eigenvalue weighted by Gasteiger charge is -2.38. The standard InChI is InChI=1S/C15H23NO2/c1-12-4-5-13(10-14(12)17-3)15(11-16-2)6-8-18-9-7-15/h4-5,10,16H,6-9,11H2,1-3H3. The molecule has 0 radical (unpaired) electrons. The van der Waals surface area contributed by atoms with Gasteiger partial charge in [0.15, 0.2) is 0 Å². The molecule has 1 aliphatic heterocycles. The van der Waals surface area contributed by atoms with Crippen molar-refractivity contribution in [1.29, 1.82) is 0 Å². The summed E-state index contributed by atoms with van der Waals surface area (Å²) in [5.74, 6) is 0.981. The van der Waals surface area contributed by atoms with Gasteiger partial charge in [0.1, 0.15) is 5.75 Å². The molecule has 0 saturated carbocycles. The first kappa shape index (κ1) is 13.4. The van der Waals surface area contributed by atoms with Crippen LogP contribution in [-0.4, -0.2) is 33.9 Å². The molecule has 100 valence electrons. The fourth-order valence-electron chi connectivity index (χ4n) is 2.82. The quantitative estimate of drug-likeness (QED) is 0.888. The van der Waals surface area contributed by atoms with E-state index in [0.29, 0.717) is 0 Å². The third kappa shape index (κ3) is 2.52. The van der Waals surface area contributed by atoms with Crippen LogP contribution >= 0.6 is 0 Å². The Morgan fingerprint density at radius 1 is 1.33 bits per heavy atom. The summed E-state index contributed by atoms with van der Waals surface area (Å²) in [6.45, 7) is 4.76. The molecule has 0 aliphatic carbocycles. The van der Waals surface area contributed by atoms with Crippen LogP contribution in [0.5, 0.6) is 5.75 Å². The number of hydrogen-bond acceptors (Lipinski definition) is 3. The number of ether oxygens (including phenoxy) is 2. The van der Waals surface area contributed by atoms with E-state index in [4.69, 9.17) is 9.47 Å². The molecule has 1 fully saturated rings. The third-order valence-electron chi connectivity index (χ3n) is 3.99. The lowest BCUT2D eigenvalue weighted by atomic mass is 9.74. The average Bonchev–Trinajstić information content (AvgIpc) is 2.40. The van der Waals surface area contributed by atoms with Crippen molar-refractivity contribution in [2.24, 2.45) is 0 Å². The topological polar surface area (TPSA) is 30.5 Å². The maximum atomic E-state index is 5.51. The molecule has 0 bridgehead atoms. The summed E-state index contributed by atoms with van der Waals surface area (Å²) in [5, 5.41) is 3.33. The molecule has 0 spiro atoms. The highest BCUT2D eigenvalue weighted by Crippen LogP contribution is 2.36. The van der Waals surface area contributed by atoms with Gasteiger partial charge in [-0.25, -0.2) is 0 Å². The van der Waals surface area contributed by atoms with E-state index >= 15 is 0 Å². The molecule has 1 heterocycles. The lowest BCUT2D eigenvalue weighted by molar-refractivity contribution is 0.0505. The molecule has 2 rings (SSSR count). The highest BCUT2D eigenvalue weighted by molar-refractivity contribution is 5.40. The fraction of sp³-hybridized carbons (Fsp3) is 0.600. The maximum absolute atomic E-state index is 5.51. The third-order valence-corrected chi connectivity index (χ3v) is 3.99. The van der Waals surface area contributed by atoms with Crippen LogP contribution in [0, 0.1) is 6.92 Å². The van der Waals surface area contributed by atoms with E-state index in [2.05, 4.69) is 30.4 Å². The summed E-state index contributed by atoms with van der Waals surface area (Å²) in [4.78, 5) is 0. The van der Waals surface area contributed by atoms with E-state index in [1.807, 2.05) is 7.05 Å². The second-order valence-corrected chi connectivity index (χ2v) is 5.11. The Hall–Kier alpha value is -1.06. The zero-order chi connectivity index (χ0) is 13.0. The summed E-state index contributed by atoms with van der Waals surface area (Å²) in [5.41, 5.74) is 2.74. The van der Waals surface area contributed by atoms with Crippen molar-refractivity contribution in [3.05, 3.63) is 29.3 Å². The van der Waals surface area contributed by atoms with Gasteiger partial charge in [0, 0.05) is 25.2 Å². The van der Waals surface area contributed by atoms with Crippen LogP contribution in [0.3, 0.4) is 0 Å². The number of likely N-dealkylation sites (N-methyl/N-ethyl adjacent to an activating group) is 1. The predicted octanol–water partition coefficient (Wildman–Crippen LogP) is 2.27. The van der Waals surface area contributed by atoms with Crippen LogP contribution in [0.15, 0.2) is 18.2 Å². The van der Waals surface area contributed by atoms with Crippen molar-refractivity contribution in [3.63, 3.8) is 0 Å². The number of aryl methyl sites for hydroxylation is 1. The molecule has 1 aromatic rings.